The van der Waals surface area contributed by atoms with Crippen molar-refractivity contribution in [2.45, 2.75) is 12.5 Å². The van der Waals surface area contributed by atoms with E-state index in [0.29, 0.717) is 0 Å². The molecule has 7 nitrogen and oxygen atoms in total. The number of nitrogens with zero attached hydrogens (tertiary/aromatic N) is 1. The van der Waals surface area contributed by atoms with Crippen LogP contribution >= 0.6 is 0 Å². The number of hydrogen-bond acceptors (Lipinski definition) is 7. The second-order valence-corrected chi connectivity index (χ2v) is 4.35. The number of benzene rings is 1. The number of phenolic OH excluding ortho intramolecular Hbond substituents is 1. The van der Waals surface area contributed by atoms with E-state index in [9.17, 15) is 15.0 Å². The number of esters is 1. The molecule has 1 aromatic heterocycles. The zero-order chi connectivity index (χ0) is 15.4. The molecule has 2 rings (SSSR count). The van der Waals surface area contributed by atoms with Gasteiger partial charge in [-0.25, -0.2) is 9.78 Å². The Morgan fingerprint density at radius 1 is 1.38 bits per heavy atom. The van der Waals surface area contributed by atoms with Crippen LogP contribution in [-0.4, -0.2) is 40.0 Å². The lowest BCUT2D eigenvalue weighted by molar-refractivity contribution is 0.0553. The van der Waals surface area contributed by atoms with Crippen LogP contribution < -0.4 is 0 Å². The number of oxazole rings is 1. The quantitative estimate of drug-likeness (QED) is 0.698. The van der Waals surface area contributed by atoms with Gasteiger partial charge in [-0.2, -0.15) is 0 Å². The zero-order valence-corrected chi connectivity index (χ0v) is 11.3. The minimum atomic E-state index is -1.35. The molecule has 0 saturated carbocycles. The summed E-state index contributed by atoms with van der Waals surface area (Å²) >= 11 is 0. The van der Waals surface area contributed by atoms with E-state index >= 15 is 0 Å². The number of carbonyl (C=O) groups excluding carboxylic acids is 1. The minimum absolute atomic E-state index is 0.127. The maximum absolute atomic E-state index is 11.6. The van der Waals surface area contributed by atoms with Crippen molar-refractivity contribution >= 4 is 5.97 Å². The van der Waals surface area contributed by atoms with Crippen LogP contribution in [0.15, 0.2) is 28.7 Å². The van der Waals surface area contributed by atoms with Crippen LogP contribution in [0, 0.1) is 0 Å². The molecule has 2 aromatic rings. The van der Waals surface area contributed by atoms with E-state index in [1.807, 2.05) is 0 Å². The maximum Gasteiger partial charge on any atom is 0.360 e. The fourth-order valence-electron chi connectivity index (χ4n) is 1.79. The van der Waals surface area contributed by atoms with Gasteiger partial charge in [0.2, 0.25) is 0 Å². The Morgan fingerprint density at radius 3 is 2.62 bits per heavy atom. The summed E-state index contributed by atoms with van der Waals surface area (Å²) in [6.07, 6.45) is -1.08. The predicted molar refractivity (Wildman–Crippen MR) is 70.8 cm³/mol. The second-order valence-electron chi connectivity index (χ2n) is 4.35. The van der Waals surface area contributed by atoms with E-state index in [0.717, 1.165) is 5.56 Å². The van der Waals surface area contributed by atoms with E-state index < -0.39 is 18.7 Å². The average Bonchev–Trinajstić information content (AvgIpc) is 2.92. The number of phenols is 1. The number of aromatic hydroxyl groups is 1. The molecule has 1 unspecified atom stereocenters. The first-order chi connectivity index (χ1) is 10.0. The van der Waals surface area contributed by atoms with Crippen LogP contribution in [0.1, 0.15) is 33.8 Å². The summed E-state index contributed by atoms with van der Waals surface area (Å²) in [5.74, 6) is -0.544. The van der Waals surface area contributed by atoms with Crippen molar-refractivity contribution in [3.63, 3.8) is 0 Å². The normalized spacial score (nSPS) is 12.1. The first-order valence-electron chi connectivity index (χ1n) is 6.20. The molecule has 3 N–H and O–H groups in total. The average molecular weight is 293 g/mol. The first kappa shape index (κ1) is 15.0. The number of rotatable bonds is 5. The number of aliphatic hydroxyl groups is 2. The minimum Gasteiger partial charge on any atom is -0.508 e. The van der Waals surface area contributed by atoms with Crippen molar-refractivity contribution in [3.8, 4) is 5.75 Å². The second kappa shape index (κ2) is 6.38. The Kier molecular flexibility index (Phi) is 4.56. The van der Waals surface area contributed by atoms with E-state index in [1.165, 1.54) is 19.2 Å². The van der Waals surface area contributed by atoms with Gasteiger partial charge in [-0.1, -0.05) is 12.1 Å². The van der Waals surface area contributed by atoms with Gasteiger partial charge in [0.1, 0.15) is 11.9 Å². The number of aliphatic hydroxyl groups excluding tert-OH is 2. The molecule has 1 heterocycles. The number of carbonyl (C=O) groups is 1. The summed E-state index contributed by atoms with van der Waals surface area (Å²) in [5, 5.41) is 27.8. The summed E-state index contributed by atoms with van der Waals surface area (Å²) in [6.45, 7) is -0.599. The number of ether oxygens (including phenoxy) is 1. The van der Waals surface area contributed by atoms with Gasteiger partial charge < -0.3 is 24.5 Å². The SMILES string of the molecule is COC(=O)c1nc(Cc2ccc(O)cc2)oc1C(O)CO. The van der Waals surface area contributed by atoms with Crippen LogP contribution in [0.5, 0.6) is 5.75 Å². The third kappa shape index (κ3) is 3.39. The molecule has 21 heavy (non-hydrogen) atoms. The van der Waals surface area contributed by atoms with Gasteiger partial charge in [0.05, 0.1) is 13.7 Å². The van der Waals surface area contributed by atoms with Crippen LogP contribution in [0.3, 0.4) is 0 Å². The van der Waals surface area contributed by atoms with E-state index in [4.69, 9.17) is 9.52 Å². The van der Waals surface area contributed by atoms with Gasteiger partial charge in [-0.05, 0) is 17.7 Å². The van der Waals surface area contributed by atoms with Crippen LogP contribution in [0.25, 0.3) is 0 Å². The molecule has 0 aliphatic rings. The Bertz CT molecular complexity index is 619. The highest BCUT2D eigenvalue weighted by Gasteiger charge is 2.25. The molecule has 1 aromatic carbocycles. The van der Waals surface area contributed by atoms with E-state index in [2.05, 4.69) is 9.72 Å². The van der Waals surface area contributed by atoms with Crippen molar-refractivity contribution in [1.82, 2.24) is 4.98 Å². The van der Waals surface area contributed by atoms with Crippen molar-refractivity contribution in [2.75, 3.05) is 13.7 Å². The molecule has 0 fully saturated rings. The largest absolute Gasteiger partial charge is 0.508 e. The number of methoxy groups -OCH3 is 1. The van der Waals surface area contributed by atoms with Crippen LogP contribution in [-0.2, 0) is 11.2 Å². The summed E-state index contributed by atoms with van der Waals surface area (Å²) in [5.41, 5.74) is 0.642. The van der Waals surface area contributed by atoms with Crippen LogP contribution in [0.4, 0.5) is 0 Å². The van der Waals surface area contributed by atoms with Gasteiger partial charge in [-0.3, -0.25) is 0 Å². The highest BCUT2D eigenvalue weighted by atomic mass is 16.5. The summed E-state index contributed by atoms with van der Waals surface area (Å²) in [4.78, 5) is 15.6. The Balaban J connectivity index is 2.30. The topological polar surface area (TPSA) is 113 Å². The van der Waals surface area contributed by atoms with Gasteiger partial charge in [-0.15, -0.1) is 0 Å². The van der Waals surface area contributed by atoms with Gasteiger partial charge >= 0.3 is 5.97 Å². The summed E-state index contributed by atoms with van der Waals surface area (Å²) < 4.78 is 9.90. The molecule has 1 atom stereocenters. The molecular formula is C14H15NO6. The van der Waals surface area contributed by atoms with Crippen molar-refractivity contribution < 1.29 is 29.3 Å². The molecule has 0 amide bonds. The predicted octanol–water partition coefficient (Wildman–Crippen LogP) is 0.783. The lowest BCUT2D eigenvalue weighted by Gasteiger charge is -2.04. The fraction of sp³-hybridized carbons (Fsp3) is 0.286. The number of hydrogen-bond donors (Lipinski definition) is 3. The summed E-state index contributed by atoms with van der Waals surface area (Å²) in [6, 6.07) is 6.39. The molecule has 0 aliphatic carbocycles. The lowest BCUT2D eigenvalue weighted by atomic mass is 10.1. The van der Waals surface area contributed by atoms with Crippen molar-refractivity contribution in [1.29, 1.82) is 0 Å². The Labute approximate surface area is 120 Å². The first-order valence-corrected chi connectivity index (χ1v) is 6.20. The molecule has 0 aliphatic heterocycles. The highest BCUT2D eigenvalue weighted by Crippen LogP contribution is 2.22. The fourth-order valence-corrected chi connectivity index (χ4v) is 1.79. The highest BCUT2D eigenvalue weighted by molar-refractivity contribution is 5.88. The Morgan fingerprint density at radius 2 is 2.05 bits per heavy atom. The van der Waals surface area contributed by atoms with E-state index in [-0.39, 0.29) is 29.5 Å². The third-order valence-electron chi connectivity index (χ3n) is 2.84. The molecule has 0 bridgehead atoms. The molecule has 0 saturated heterocycles. The standard InChI is InChI=1S/C14H15NO6/c1-20-14(19)12-13(10(18)7-16)21-11(15-12)6-8-2-4-9(17)5-3-8/h2-5,10,16-18H,6-7H2,1H3. The monoisotopic (exact) mass is 293 g/mol. The molecule has 7 heteroatoms. The van der Waals surface area contributed by atoms with Crippen molar-refractivity contribution in [3.05, 3.63) is 47.2 Å². The number of aromatic nitrogens is 1. The van der Waals surface area contributed by atoms with Gasteiger partial charge in [0.15, 0.2) is 17.3 Å². The molecule has 0 spiro atoms. The van der Waals surface area contributed by atoms with Gasteiger partial charge in [0, 0.05) is 6.42 Å². The summed E-state index contributed by atoms with van der Waals surface area (Å²) in [7, 11) is 1.19. The molecular weight excluding hydrogens is 278 g/mol. The van der Waals surface area contributed by atoms with Crippen molar-refractivity contribution in [2.24, 2.45) is 0 Å². The molecule has 0 radical (unpaired) electrons. The Hall–Kier alpha value is -2.38. The lowest BCUT2D eigenvalue weighted by Crippen LogP contribution is -2.10. The van der Waals surface area contributed by atoms with Crippen LogP contribution in [0.2, 0.25) is 0 Å². The maximum atomic E-state index is 11.6. The zero-order valence-electron chi connectivity index (χ0n) is 11.3. The third-order valence-corrected chi connectivity index (χ3v) is 2.84. The van der Waals surface area contributed by atoms with Gasteiger partial charge in [0.25, 0.3) is 0 Å². The van der Waals surface area contributed by atoms with E-state index in [1.54, 1.807) is 12.1 Å². The molecule has 112 valence electrons. The smallest absolute Gasteiger partial charge is 0.360 e.